The Labute approximate surface area is 181 Å². The summed E-state index contributed by atoms with van der Waals surface area (Å²) in [7, 11) is -2.26. The molecule has 0 fully saturated rings. The van der Waals surface area contributed by atoms with Gasteiger partial charge in [0, 0.05) is 31.1 Å². The Bertz CT molecular complexity index is 963. The van der Waals surface area contributed by atoms with Crippen LogP contribution in [0.2, 0.25) is 0 Å². The van der Waals surface area contributed by atoms with Gasteiger partial charge in [-0.25, -0.2) is 12.8 Å². The number of amides is 1. The van der Waals surface area contributed by atoms with Crippen LogP contribution in [0.3, 0.4) is 0 Å². The van der Waals surface area contributed by atoms with E-state index in [1.165, 1.54) is 47.4 Å². The van der Waals surface area contributed by atoms with Gasteiger partial charge in [0.15, 0.2) is 0 Å². The van der Waals surface area contributed by atoms with Crippen LogP contribution in [0.5, 0.6) is 5.75 Å². The first-order chi connectivity index (χ1) is 14.3. The van der Waals surface area contributed by atoms with Crippen molar-refractivity contribution in [1.82, 2.24) is 9.62 Å². The third kappa shape index (κ3) is 5.96. The molecule has 0 aromatic heterocycles. The molecule has 0 radical (unpaired) electrons. The van der Waals surface area contributed by atoms with Crippen LogP contribution >= 0.6 is 11.8 Å². The van der Waals surface area contributed by atoms with Crippen LogP contribution in [-0.2, 0) is 15.8 Å². The number of hydrogen-bond donors (Lipinski definition) is 1. The largest absolute Gasteiger partial charge is 0.496 e. The molecule has 6 nitrogen and oxygen atoms in total. The van der Waals surface area contributed by atoms with Crippen molar-refractivity contribution in [3.63, 3.8) is 0 Å². The number of ether oxygens (including phenoxy) is 1. The summed E-state index contributed by atoms with van der Waals surface area (Å²) in [6, 6.07) is 10.8. The van der Waals surface area contributed by atoms with E-state index in [4.69, 9.17) is 4.74 Å². The minimum atomic E-state index is -3.69. The molecule has 0 aliphatic rings. The fourth-order valence-electron chi connectivity index (χ4n) is 2.87. The molecule has 2 aromatic rings. The second-order valence-corrected chi connectivity index (χ2v) is 9.39. The Morgan fingerprint density at radius 2 is 1.87 bits per heavy atom. The molecule has 1 amide bonds. The highest BCUT2D eigenvalue weighted by Gasteiger charge is 2.24. The quantitative estimate of drug-likeness (QED) is 0.526. The van der Waals surface area contributed by atoms with Gasteiger partial charge in [0.2, 0.25) is 10.0 Å². The lowest BCUT2D eigenvalue weighted by Gasteiger charge is -2.19. The smallest absolute Gasteiger partial charge is 0.255 e. The van der Waals surface area contributed by atoms with Crippen LogP contribution in [0.1, 0.15) is 29.8 Å². The summed E-state index contributed by atoms with van der Waals surface area (Å²) in [5.41, 5.74) is 0.773. The predicted octanol–water partition coefficient (Wildman–Crippen LogP) is 3.53. The lowest BCUT2D eigenvalue weighted by atomic mass is 10.2. The van der Waals surface area contributed by atoms with E-state index >= 15 is 0 Å². The molecule has 0 aliphatic heterocycles. The molecule has 1 N–H and O–H groups in total. The molecule has 0 aliphatic carbocycles. The first-order valence-corrected chi connectivity index (χ1v) is 12.2. The molecular formula is C21H27FN2O4S2. The molecule has 0 spiro atoms. The lowest BCUT2D eigenvalue weighted by molar-refractivity contribution is 0.0953. The van der Waals surface area contributed by atoms with Crippen molar-refractivity contribution < 1.29 is 22.3 Å². The predicted molar refractivity (Wildman–Crippen MR) is 118 cm³/mol. The highest BCUT2D eigenvalue weighted by molar-refractivity contribution is 7.98. The van der Waals surface area contributed by atoms with Gasteiger partial charge in [-0.1, -0.05) is 32.0 Å². The second kappa shape index (κ2) is 11.3. The van der Waals surface area contributed by atoms with Crippen LogP contribution in [0.4, 0.5) is 4.39 Å². The van der Waals surface area contributed by atoms with Crippen LogP contribution in [0.15, 0.2) is 47.4 Å². The minimum absolute atomic E-state index is 0.0473. The normalized spacial score (nSPS) is 11.5. The van der Waals surface area contributed by atoms with Gasteiger partial charge in [0.25, 0.3) is 5.91 Å². The summed E-state index contributed by atoms with van der Waals surface area (Å²) in [5, 5.41) is 2.77. The fourth-order valence-corrected chi connectivity index (χ4v) is 5.20. The molecule has 0 atom stereocenters. The van der Waals surface area contributed by atoms with Gasteiger partial charge < -0.3 is 10.1 Å². The minimum Gasteiger partial charge on any atom is -0.496 e. The van der Waals surface area contributed by atoms with Crippen LogP contribution in [0.25, 0.3) is 0 Å². The number of hydrogen-bond acceptors (Lipinski definition) is 5. The summed E-state index contributed by atoms with van der Waals surface area (Å²) in [6.07, 6.45) is 0. The standard InChI is InChI=1S/C21H27FN2O4S2/c1-4-24(5-2)30(26,27)17-10-11-20(28-3)18(14-17)21(25)23-12-13-29-15-16-8-6-7-9-19(16)22/h6-11,14H,4-5,12-13,15H2,1-3H3,(H,23,25). The topological polar surface area (TPSA) is 75.7 Å². The Hall–Kier alpha value is -2.10. The molecule has 9 heteroatoms. The van der Waals surface area contributed by atoms with Gasteiger partial charge in [-0.15, -0.1) is 0 Å². The first kappa shape index (κ1) is 24.2. The zero-order valence-corrected chi connectivity index (χ0v) is 19.0. The maximum Gasteiger partial charge on any atom is 0.255 e. The third-order valence-electron chi connectivity index (χ3n) is 4.51. The van der Waals surface area contributed by atoms with Crippen LogP contribution in [-0.4, -0.2) is 51.1 Å². The summed E-state index contributed by atoms with van der Waals surface area (Å²) in [5.74, 6) is 0.716. The molecule has 2 aromatic carbocycles. The molecule has 0 heterocycles. The second-order valence-electron chi connectivity index (χ2n) is 6.35. The van der Waals surface area contributed by atoms with E-state index < -0.39 is 15.9 Å². The van der Waals surface area contributed by atoms with Crippen molar-refractivity contribution in [2.24, 2.45) is 0 Å². The summed E-state index contributed by atoms with van der Waals surface area (Å²) in [6.45, 7) is 4.56. The zero-order chi connectivity index (χ0) is 22.1. The van der Waals surface area contributed by atoms with Crippen LogP contribution in [0, 0.1) is 5.82 Å². The summed E-state index contributed by atoms with van der Waals surface area (Å²) in [4.78, 5) is 12.7. The van der Waals surface area contributed by atoms with Gasteiger partial charge in [-0.2, -0.15) is 16.1 Å². The molecule has 0 bridgehead atoms. The Morgan fingerprint density at radius 1 is 1.17 bits per heavy atom. The highest BCUT2D eigenvalue weighted by Crippen LogP contribution is 2.24. The van der Waals surface area contributed by atoms with Crippen molar-refractivity contribution in [1.29, 1.82) is 0 Å². The zero-order valence-electron chi connectivity index (χ0n) is 17.4. The number of rotatable bonds is 11. The molecule has 0 saturated carbocycles. The van der Waals surface area contributed by atoms with E-state index in [2.05, 4.69) is 5.32 Å². The van der Waals surface area contributed by atoms with E-state index in [-0.39, 0.29) is 16.3 Å². The number of nitrogens with one attached hydrogen (secondary N) is 1. The van der Waals surface area contributed by atoms with E-state index in [0.29, 0.717) is 42.5 Å². The fraction of sp³-hybridized carbons (Fsp3) is 0.381. The van der Waals surface area contributed by atoms with E-state index in [1.54, 1.807) is 32.0 Å². The Morgan fingerprint density at radius 3 is 2.50 bits per heavy atom. The number of carbonyl (C=O) groups excluding carboxylic acids is 1. The SMILES string of the molecule is CCN(CC)S(=O)(=O)c1ccc(OC)c(C(=O)NCCSCc2ccccc2F)c1. The number of carbonyl (C=O) groups is 1. The average molecular weight is 455 g/mol. The van der Waals surface area contributed by atoms with Gasteiger partial charge in [-0.05, 0) is 29.8 Å². The maximum atomic E-state index is 13.6. The lowest BCUT2D eigenvalue weighted by Crippen LogP contribution is -2.31. The first-order valence-electron chi connectivity index (χ1n) is 9.62. The highest BCUT2D eigenvalue weighted by atomic mass is 32.2. The molecule has 0 unspecified atom stereocenters. The number of halogens is 1. The third-order valence-corrected chi connectivity index (χ3v) is 7.56. The number of thioether (sulfide) groups is 1. The summed E-state index contributed by atoms with van der Waals surface area (Å²) >= 11 is 1.50. The van der Waals surface area contributed by atoms with Crippen molar-refractivity contribution in [3.05, 3.63) is 59.4 Å². The van der Waals surface area contributed by atoms with Crippen molar-refractivity contribution in [2.45, 2.75) is 24.5 Å². The summed E-state index contributed by atoms with van der Waals surface area (Å²) < 4.78 is 45.7. The number of nitrogens with zero attached hydrogens (tertiary/aromatic N) is 1. The van der Waals surface area contributed by atoms with Gasteiger partial charge >= 0.3 is 0 Å². The molecular weight excluding hydrogens is 427 g/mol. The average Bonchev–Trinajstić information content (AvgIpc) is 2.74. The monoisotopic (exact) mass is 454 g/mol. The van der Waals surface area contributed by atoms with Gasteiger partial charge in [0.05, 0.1) is 17.6 Å². The van der Waals surface area contributed by atoms with Gasteiger partial charge in [-0.3, -0.25) is 4.79 Å². The van der Waals surface area contributed by atoms with Crippen LogP contribution < -0.4 is 10.1 Å². The molecule has 0 saturated heterocycles. The van der Waals surface area contributed by atoms with Crippen molar-refractivity contribution in [3.8, 4) is 5.75 Å². The molecule has 164 valence electrons. The number of sulfonamides is 1. The number of methoxy groups -OCH3 is 1. The number of benzene rings is 2. The Kier molecular flexibility index (Phi) is 9.13. The van der Waals surface area contributed by atoms with E-state index in [0.717, 1.165) is 0 Å². The van der Waals surface area contributed by atoms with Crippen molar-refractivity contribution in [2.75, 3.05) is 32.5 Å². The molecule has 30 heavy (non-hydrogen) atoms. The maximum absolute atomic E-state index is 13.6. The van der Waals surface area contributed by atoms with E-state index in [9.17, 15) is 17.6 Å². The van der Waals surface area contributed by atoms with Gasteiger partial charge in [0.1, 0.15) is 11.6 Å². The Balaban J connectivity index is 2.03. The van der Waals surface area contributed by atoms with E-state index in [1.807, 2.05) is 0 Å². The van der Waals surface area contributed by atoms with Crippen molar-refractivity contribution >= 4 is 27.7 Å². The molecule has 2 rings (SSSR count).